The lowest BCUT2D eigenvalue weighted by Gasteiger charge is -2.44. The molecule has 0 spiro atoms. The molecule has 0 saturated carbocycles. The molecule has 2 aromatic heterocycles. The van der Waals surface area contributed by atoms with E-state index in [-0.39, 0.29) is 0 Å². The van der Waals surface area contributed by atoms with E-state index in [1.807, 2.05) is 50.3 Å². The van der Waals surface area contributed by atoms with E-state index in [0.717, 1.165) is 29.4 Å². The van der Waals surface area contributed by atoms with Crippen LogP contribution in [0.4, 0.5) is 23.1 Å². The largest absolute Gasteiger partial charge is 0.497 e. The lowest BCUT2D eigenvalue weighted by atomic mass is 9.83. The quantitative estimate of drug-likeness (QED) is 0.486. The Morgan fingerprint density at radius 1 is 1.11 bits per heavy atom. The Hall–Kier alpha value is -3.47. The molecule has 36 heavy (non-hydrogen) atoms. The third-order valence-electron chi connectivity index (χ3n) is 7.26. The van der Waals surface area contributed by atoms with Crippen LogP contribution < -0.4 is 20.3 Å². The number of piperidine rings is 2. The molecule has 0 aliphatic carbocycles. The average Bonchev–Trinajstić information content (AvgIpc) is 3.33. The number of nitrogens with one attached hydrogen (secondary N) is 2. The normalized spacial score (nSPS) is 20.0. The van der Waals surface area contributed by atoms with E-state index in [9.17, 15) is 0 Å². The monoisotopic (exact) mass is 492 g/mol. The SMILES string of the molecule is COc1cc(Nc2ncc(N(C)C)c(NC[C@@H]3CCCN4CCCC[C@H]34)n2)cc(-n2nnnc2C)c1. The predicted molar refractivity (Wildman–Crippen MR) is 141 cm³/mol. The van der Waals surface area contributed by atoms with Gasteiger partial charge in [-0.15, -0.1) is 5.10 Å². The van der Waals surface area contributed by atoms with Gasteiger partial charge in [0.2, 0.25) is 5.95 Å². The second-order valence-electron chi connectivity index (χ2n) is 9.89. The summed E-state index contributed by atoms with van der Waals surface area (Å²) in [5, 5.41) is 18.8. The van der Waals surface area contributed by atoms with E-state index in [1.165, 1.54) is 45.2 Å². The molecule has 192 valence electrons. The van der Waals surface area contributed by atoms with Gasteiger partial charge in [0.15, 0.2) is 11.6 Å². The van der Waals surface area contributed by atoms with Crippen LogP contribution in [0, 0.1) is 12.8 Å². The number of methoxy groups -OCH3 is 1. The minimum absolute atomic E-state index is 0.513. The van der Waals surface area contributed by atoms with Gasteiger partial charge in [0.1, 0.15) is 5.75 Å². The lowest BCUT2D eigenvalue weighted by molar-refractivity contribution is 0.0649. The molecule has 5 rings (SSSR count). The van der Waals surface area contributed by atoms with Gasteiger partial charge in [0.25, 0.3) is 0 Å². The molecule has 0 amide bonds. The van der Waals surface area contributed by atoms with Crippen molar-refractivity contribution in [2.75, 3.05) is 56.4 Å². The molecule has 2 atom stereocenters. The number of aryl methyl sites for hydroxylation is 1. The van der Waals surface area contributed by atoms with Gasteiger partial charge in [-0.1, -0.05) is 6.42 Å². The Morgan fingerprint density at radius 2 is 1.97 bits per heavy atom. The lowest BCUT2D eigenvalue weighted by Crippen LogP contribution is -2.49. The molecular weight excluding hydrogens is 456 g/mol. The van der Waals surface area contributed by atoms with Crippen molar-refractivity contribution in [2.45, 2.75) is 45.1 Å². The Labute approximate surface area is 212 Å². The molecule has 1 aromatic carbocycles. The number of hydrogen-bond donors (Lipinski definition) is 2. The van der Waals surface area contributed by atoms with Crippen molar-refractivity contribution in [3.05, 3.63) is 30.2 Å². The second-order valence-corrected chi connectivity index (χ2v) is 9.89. The maximum absolute atomic E-state index is 5.51. The van der Waals surface area contributed by atoms with E-state index in [0.29, 0.717) is 29.5 Å². The molecule has 0 radical (unpaired) electrons. The summed E-state index contributed by atoms with van der Waals surface area (Å²) in [6.45, 7) is 5.27. The van der Waals surface area contributed by atoms with Crippen molar-refractivity contribution in [1.29, 1.82) is 0 Å². The summed E-state index contributed by atoms with van der Waals surface area (Å²) < 4.78 is 7.17. The molecule has 2 saturated heterocycles. The summed E-state index contributed by atoms with van der Waals surface area (Å²) in [6, 6.07) is 6.42. The van der Waals surface area contributed by atoms with Gasteiger partial charge in [-0.3, -0.25) is 0 Å². The van der Waals surface area contributed by atoms with Crippen LogP contribution in [0.3, 0.4) is 0 Å². The van der Waals surface area contributed by atoms with E-state index in [1.54, 1.807) is 11.8 Å². The first-order chi connectivity index (χ1) is 17.5. The molecule has 11 nitrogen and oxygen atoms in total. The van der Waals surface area contributed by atoms with Gasteiger partial charge in [-0.05, 0) is 68.1 Å². The first-order valence-electron chi connectivity index (χ1n) is 12.8. The summed E-state index contributed by atoms with van der Waals surface area (Å²) in [5.74, 6) is 3.36. The summed E-state index contributed by atoms with van der Waals surface area (Å²) in [4.78, 5) is 14.2. The molecule has 2 aliphatic heterocycles. The van der Waals surface area contributed by atoms with Gasteiger partial charge in [-0.25, -0.2) is 4.98 Å². The predicted octanol–water partition coefficient (Wildman–Crippen LogP) is 3.26. The second kappa shape index (κ2) is 10.7. The highest BCUT2D eigenvalue weighted by atomic mass is 16.5. The minimum atomic E-state index is 0.513. The Kier molecular flexibility index (Phi) is 7.17. The highest BCUT2D eigenvalue weighted by Crippen LogP contribution is 2.32. The summed E-state index contributed by atoms with van der Waals surface area (Å²) in [6.07, 6.45) is 8.39. The van der Waals surface area contributed by atoms with Crippen LogP contribution in [0.15, 0.2) is 24.4 Å². The Morgan fingerprint density at radius 3 is 2.75 bits per heavy atom. The number of anilines is 4. The molecule has 2 fully saturated rings. The van der Waals surface area contributed by atoms with Crippen LogP contribution in [0.25, 0.3) is 5.69 Å². The number of benzene rings is 1. The van der Waals surface area contributed by atoms with Crippen molar-refractivity contribution in [1.82, 2.24) is 35.1 Å². The van der Waals surface area contributed by atoms with Crippen LogP contribution in [0.5, 0.6) is 5.75 Å². The maximum atomic E-state index is 5.51. The average molecular weight is 493 g/mol. The van der Waals surface area contributed by atoms with Crippen LogP contribution in [-0.4, -0.2) is 82.0 Å². The third-order valence-corrected chi connectivity index (χ3v) is 7.26. The Balaban J connectivity index is 1.36. The molecule has 2 N–H and O–H groups in total. The number of rotatable bonds is 8. The number of aromatic nitrogens is 6. The van der Waals surface area contributed by atoms with Gasteiger partial charge in [0, 0.05) is 44.5 Å². The fourth-order valence-corrected chi connectivity index (χ4v) is 5.43. The topological polar surface area (TPSA) is 109 Å². The standard InChI is InChI=1S/C25H36N10O/c1-17-30-31-32-35(17)20-12-19(13-21(14-20)36-4)28-25-27-16-23(33(2)3)24(29-25)26-15-18-8-7-11-34-10-6-5-9-22(18)34/h12-14,16,18,22H,5-11,15H2,1-4H3,(H2,26,27,28,29)/t18-,22+/m0/s1. The van der Waals surface area contributed by atoms with Crippen molar-refractivity contribution in [2.24, 2.45) is 5.92 Å². The fraction of sp³-hybridized carbons (Fsp3) is 0.560. The number of nitrogens with zero attached hydrogens (tertiary/aromatic N) is 8. The molecule has 11 heteroatoms. The summed E-state index contributed by atoms with van der Waals surface area (Å²) >= 11 is 0. The van der Waals surface area contributed by atoms with Gasteiger partial charge >= 0.3 is 0 Å². The third kappa shape index (κ3) is 5.20. The number of fused-ring (bicyclic) bond motifs is 1. The van der Waals surface area contributed by atoms with Crippen LogP contribution >= 0.6 is 0 Å². The first-order valence-corrected chi connectivity index (χ1v) is 12.8. The van der Waals surface area contributed by atoms with Crippen LogP contribution in [-0.2, 0) is 0 Å². The van der Waals surface area contributed by atoms with Crippen LogP contribution in [0.2, 0.25) is 0 Å². The van der Waals surface area contributed by atoms with Gasteiger partial charge in [0.05, 0.1) is 24.7 Å². The molecule has 0 bridgehead atoms. The highest BCUT2D eigenvalue weighted by molar-refractivity contribution is 5.68. The maximum Gasteiger partial charge on any atom is 0.229 e. The summed E-state index contributed by atoms with van der Waals surface area (Å²) in [5.41, 5.74) is 2.54. The number of tetrazole rings is 1. The Bertz CT molecular complexity index is 1180. The molecule has 2 aliphatic rings. The highest BCUT2D eigenvalue weighted by Gasteiger charge is 2.32. The molecule has 3 aromatic rings. The zero-order chi connectivity index (χ0) is 25.1. The van der Waals surface area contributed by atoms with Crippen molar-refractivity contribution in [3.8, 4) is 11.4 Å². The number of ether oxygens (including phenoxy) is 1. The molecule has 4 heterocycles. The van der Waals surface area contributed by atoms with E-state index in [2.05, 4.69) is 36.0 Å². The molecular formula is C25H36N10O. The van der Waals surface area contributed by atoms with E-state index in [4.69, 9.17) is 9.72 Å². The smallest absolute Gasteiger partial charge is 0.229 e. The number of hydrogen-bond acceptors (Lipinski definition) is 10. The first kappa shape index (κ1) is 24.2. The van der Waals surface area contributed by atoms with Crippen LogP contribution in [0.1, 0.15) is 37.9 Å². The van der Waals surface area contributed by atoms with Crippen molar-refractivity contribution in [3.63, 3.8) is 0 Å². The van der Waals surface area contributed by atoms with Gasteiger partial charge < -0.3 is 25.2 Å². The van der Waals surface area contributed by atoms with Gasteiger partial charge in [-0.2, -0.15) is 9.67 Å². The minimum Gasteiger partial charge on any atom is -0.497 e. The molecule has 0 unspecified atom stereocenters. The van der Waals surface area contributed by atoms with E-state index >= 15 is 0 Å². The van der Waals surface area contributed by atoms with Crippen molar-refractivity contribution < 1.29 is 4.74 Å². The fourth-order valence-electron chi connectivity index (χ4n) is 5.43. The zero-order valence-electron chi connectivity index (χ0n) is 21.6. The summed E-state index contributed by atoms with van der Waals surface area (Å²) in [7, 11) is 5.67. The van der Waals surface area contributed by atoms with Crippen molar-refractivity contribution >= 4 is 23.1 Å². The zero-order valence-corrected chi connectivity index (χ0v) is 21.6. The van der Waals surface area contributed by atoms with E-state index < -0.39 is 0 Å².